The van der Waals surface area contributed by atoms with Crippen molar-refractivity contribution in [3.63, 3.8) is 0 Å². The molecule has 0 aliphatic heterocycles. The smallest absolute Gasteiger partial charge is 0.423 e. The topological polar surface area (TPSA) is 92.4 Å². The summed E-state index contributed by atoms with van der Waals surface area (Å²) < 4.78 is 26.6. The fourth-order valence-corrected chi connectivity index (χ4v) is 3.63. The van der Waals surface area contributed by atoms with Crippen LogP contribution in [0.25, 0.3) is 11.0 Å². The zero-order valence-corrected chi connectivity index (χ0v) is 12.5. The van der Waals surface area contributed by atoms with Gasteiger partial charge in [-0.1, -0.05) is 17.7 Å². The average Bonchev–Trinajstić information content (AvgIpc) is 2.88. The Labute approximate surface area is 127 Å². The molecule has 0 saturated heterocycles. The van der Waals surface area contributed by atoms with Crippen molar-refractivity contribution in [2.45, 2.75) is 11.8 Å². The molecule has 2 heterocycles. The minimum atomic E-state index is -3.84. The lowest BCUT2D eigenvalue weighted by atomic mass is 9.82. The molecule has 1 aromatic carbocycles. The van der Waals surface area contributed by atoms with E-state index in [-0.39, 0.29) is 15.9 Å². The van der Waals surface area contributed by atoms with Crippen LogP contribution < -0.4 is 5.46 Å². The Morgan fingerprint density at radius 1 is 1.14 bits per heavy atom. The lowest BCUT2D eigenvalue weighted by Crippen LogP contribution is -2.29. The minimum absolute atomic E-state index is 0.0475. The van der Waals surface area contributed by atoms with E-state index in [0.717, 1.165) is 9.54 Å². The average molecular weight is 316 g/mol. The van der Waals surface area contributed by atoms with Crippen LogP contribution in [0.15, 0.2) is 53.7 Å². The Balaban J connectivity index is 2.27. The zero-order valence-electron chi connectivity index (χ0n) is 11.7. The largest absolute Gasteiger partial charge is 0.492 e. The van der Waals surface area contributed by atoms with Crippen molar-refractivity contribution in [2.24, 2.45) is 0 Å². The van der Waals surface area contributed by atoms with E-state index in [1.54, 1.807) is 24.3 Å². The first kappa shape index (κ1) is 14.8. The fraction of sp³-hybridized carbons (Fsp3) is 0.0714. The number of aromatic nitrogens is 2. The molecule has 2 N–H and O–H groups in total. The highest BCUT2D eigenvalue weighted by Crippen LogP contribution is 2.20. The van der Waals surface area contributed by atoms with Crippen LogP contribution in [0.3, 0.4) is 0 Å². The van der Waals surface area contributed by atoms with Crippen LogP contribution in [0.2, 0.25) is 0 Å². The van der Waals surface area contributed by atoms with Crippen molar-refractivity contribution in [2.75, 3.05) is 0 Å². The zero-order chi connectivity index (χ0) is 15.9. The van der Waals surface area contributed by atoms with Crippen molar-refractivity contribution in [3.8, 4) is 0 Å². The molecule has 3 aromatic rings. The molecule has 3 rings (SSSR count). The molecule has 8 heteroatoms. The first-order valence-electron chi connectivity index (χ1n) is 6.55. The van der Waals surface area contributed by atoms with Crippen LogP contribution in [-0.4, -0.2) is 34.5 Å². The second-order valence-electron chi connectivity index (χ2n) is 4.94. The monoisotopic (exact) mass is 316 g/mol. The molecule has 0 amide bonds. The van der Waals surface area contributed by atoms with E-state index < -0.39 is 17.1 Å². The molecule has 22 heavy (non-hydrogen) atoms. The molecule has 0 aliphatic carbocycles. The van der Waals surface area contributed by atoms with Crippen LogP contribution in [0.5, 0.6) is 0 Å². The van der Waals surface area contributed by atoms with Gasteiger partial charge in [0.1, 0.15) is 0 Å². The van der Waals surface area contributed by atoms with E-state index in [1.165, 1.54) is 24.5 Å². The van der Waals surface area contributed by atoms with Gasteiger partial charge in [-0.05, 0) is 31.2 Å². The molecule has 0 bridgehead atoms. The summed E-state index contributed by atoms with van der Waals surface area (Å²) in [7, 11) is -5.64. The van der Waals surface area contributed by atoms with Crippen molar-refractivity contribution < 1.29 is 18.5 Å². The quantitative estimate of drug-likeness (QED) is 0.676. The number of hydrogen-bond donors (Lipinski definition) is 2. The van der Waals surface area contributed by atoms with Crippen LogP contribution >= 0.6 is 0 Å². The lowest BCUT2D eigenvalue weighted by Gasteiger charge is -2.07. The Bertz CT molecular complexity index is 933. The van der Waals surface area contributed by atoms with Crippen molar-refractivity contribution in [1.82, 2.24) is 8.96 Å². The summed E-state index contributed by atoms with van der Waals surface area (Å²) in [6, 6.07) is 9.61. The highest BCUT2D eigenvalue weighted by Gasteiger charge is 2.25. The summed E-state index contributed by atoms with van der Waals surface area (Å²) in [5.41, 5.74) is 1.54. The predicted octanol–water partition coefficient (Wildman–Crippen LogP) is 0.262. The molecule has 0 aliphatic rings. The summed E-state index contributed by atoms with van der Waals surface area (Å²) in [6.45, 7) is 1.87. The van der Waals surface area contributed by atoms with Crippen molar-refractivity contribution in [3.05, 3.63) is 54.4 Å². The first-order valence-corrected chi connectivity index (χ1v) is 7.99. The van der Waals surface area contributed by atoms with Gasteiger partial charge in [0.25, 0.3) is 10.0 Å². The maximum Gasteiger partial charge on any atom is 0.492 e. The Morgan fingerprint density at radius 3 is 2.45 bits per heavy atom. The van der Waals surface area contributed by atoms with E-state index >= 15 is 0 Å². The standard InChI is InChI=1S/C14H13BN2O4S/c1-10-4-6-11(7-5-10)22(20,21)17-9-12(15(18)19)14-13(17)3-2-8-16-14/h2-9,18-19H,1H3. The highest BCUT2D eigenvalue weighted by molar-refractivity contribution is 7.90. The van der Waals surface area contributed by atoms with Gasteiger partial charge in [-0.3, -0.25) is 4.98 Å². The third-order valence-electron chi connectivity index (χ3n) is 3.41. The maximum atomic E-state index is 12.8. The van der Waals surface area contributed by atoms with Gasteiger partial charge < -0.3 is 10.0 Å². The molecule has 2 aromatic heterocycles. The number of hydrogen-bond acceptors (Lipinski definition) is 5. The third kappa shape index (κ3) is 2.31. The van der Waals surface area contributed by atoms with Gasteiger partial charge in [0.2, 0.25) is 0 Å². The second-order valence-corrected chi connectivity index (χ2v) is 6.76. The van der Waals surface area contributed by atoms with Gasteiger partial charge in [0.15, 0.2) is 0 Å². The normalized spacial score (nSPS) is 11.8. The number of rotatable bonds is 3. The SMILES string of the molecule is Cc1ccc(S(=O)(=O)n2cc(B(O)O)c3ncccc32)cc1. The van der Waals surface area contributed by atoms with E-state index in [2.05, 4.69) is 4.98 Å². The number of fused-ring (bicyclic) bond motifs is 1. The predicted molar refractivity (Wildman–Crippen MR) is 83.3 cm³/mol. The highest BCUT2D eigenvalue weighted by atomic mass is 32.2. The van der Waals surface area contributed by atoms with Gasteiger partial charge >= 0.3 is 7.12 Å². The molecular weight excluding hydrogens is 303 g/mol. The number of pyridine rings is 1. The summed E-state index contributed by atoms with van der Waals surface area (Å²) >= 11 is 0. The van der Waals surface area contributed by atoms with Crippen LogP contribution in [-0.2, 0) is 10.0 Å². The number of nitrogens with zero attached hydrogens (tertiary/aromatic N) is 2. The Morgan fingerprint density at radius 2 is 1.82 bits per heavy atom. The molecular formula is C14H13BN2O4S. The number of benzene rings is 1. The molecule has 0 atom stereocenters. The van der Waals surface area contributed by atoms with Crippen LogP contribution in [0, 0.1) is 6.92 Å². The van der Waals surface area contributed by atoms with E-state index in [4.69, 9.17) is 0 Å². The number of aryl methyl sites for hydroxylation is 1. The molecule has 0 radical (unpaired) electrons. The summed E-state index contributed by atoms with van der Waals surface area (Å²) in [5.74, 6) is 0. The third-order valence-corrected chi connectivity index (χ3v) is 5.10. The van der Waals surface area contributed by atoms with E-state index in [1.807, 2.05) is 6.92 Å². The maximum absolute atomic E-state index is 12.8. The molecule has 0 spiro atoms. The van der Waals surface area contributed by atoms with Crippen LogP contribution in [0.1, 0.15) is 5.56 Å². The molecule has 6 nitrogen and oxygen atoms in total. The minimum Gasteiger partial charge on any atom is -0.423 e. The first-order chi connectivity index (χ1) is 10.4. The van der Waals surface area contributed by atoms with Gasteiger partial charge in [-0.2, -0.15) is 0 Å². The van der Waals surface area contributed by atoms with Gasteiger partial charge in [0, 0.05) is 17.9 Å². The summed E-state index contributed by atoms with van der Waals surface area (Å²) in [4.78, 5) is 4.16. The molecule has 0 saturated carbocycles. The Kier molecular flexibility index (Phi) is 3.52. The molecule has 112 valence electrons. The van der Waals surface area contributed by atoms with Gasteiger partial charge in [-0.25, -0.2) is 12.4 Å². The van der Waals surface area contributed by atoms with E-state index in [0.29, 0.717) is 5.52 Å². The van der Waals surface area contributed by atoms with Crippen molar-refractivity contribution >= 4 is 33.6 Å². The summed E-state index contributed by atoms with van der Waals surface area (Å²) in [6.07, 6.45) is 2.66. The van der Waals surface area contributed by atoms with Gasteiger partial charge in [0.05, 0.1) is 15.9 Å². The second kappa shape index (κ2) is 5.24. The van der Waals surface area contributed by atoms with Crippen LogP contribution in [0.4, 0.5) is 0 Å². The molecule has 0 fully saturated rings. The Hall–Kier alpha value is -2.16. The fourth-order valence-electron chi connectivity index (χ4n) is 2.27. The van der Waals surface area contributed by atoms with E-state index in [9.17, 15) is 18.5 Å². The lowest BCUT2D eigenvalue weighted by molar-refractivity contribution is 0.426. The van der Waals surface area contributed by atoms with Crippen molar-refractivity contribution in [1.29, 1.82) is 0 Å². The van der Waals surface area contributed by atoms with Gasteiger partial charge in [-0.15, -0.1) is 0 Å². The summed E-state index contributed by atoms with van der Waals surface area (Å²) in [5, 5.41) is 18.8. The molecule has 0 unspecified atom stereocenters.